The number of likely N-dealkylation sites (tertiary alicyclic amines) is 1. The summed E-state index contributed by atoms with van der Waals surface area (Å²) in [5.41, 5.74) is 0.935. The van der Waals surface area contributed by atoms with Crippen LogP contribution in [0.3, 0.4) is 0 Å². The maximum Gasteiger partial charge on any atom is 0.244 e. The van der Waals surface area contributed by atoms with Crippen LogP contribution in [0.15, 0.2) is 36.9 Å². The van der Waals surface area contributed by atoms with E-state index in [4.69, 9.17) is 11.6 Å². The number of amides is 1. The largest absolute Gasteiger partial charge is 0.311 e. The van der Waals surface area contributed by atoms with E-state index < -0.39 is 0 Å². The van der Waals surface area contributed by atoms with E-state index in [-0.39, 0.29) is 11.9 Å². The van der Waals surface area contributed by atoms with Gasteiger partial charge in [-0.2, -0.15) is 5.10 Å². The van der Waals surface area contributed by atoms with Crippen molar-refractivity contribution in [1.29, 1.82) is 0 Å². The van der Waals surface area contributed by atoms with Crippen LogP contribution >= 0.6 is 11.6 Å². The molecule has 4 rings (SSSR count). The summed E-state index contributed by atoms with van der Waals surface area (Å²) in [6.07, 6.45) is 6.26. The summed E-state index contributed by atoms with van der Waals surface area (Å²) in [7, 11) is 0. The van der Waals surface area contributed by atoms with Crippen molar-refractivity contribution >= 4 is 23.2 Å². The van der Waals surface area contributed by atoms with Crippen LogP contribution in [0, 0.1) is 0 Å². The number of nitrogens with zero attached hydrogens (tertiary/aromatic N) is 5. The number of carbonyl (C=O) groups excluding carboxylic acids is 1. The molecule has 0 unspecified atom stereocenters. The molecule has 1 aromatic heterocycles. The minimum Gasteiger partial charge on any atom is -0.311 e. The zero-order chi connectivity index (χ0) is 16.5. The van der Waals surface area contributed by atoms with Gasteiger partial charge in [-0.1, -0.05) is 11.6 Å². The van der Waals surface area contributed by atoms with Crippen LogP contribution in [0.2, 0.25) is 5.02 Å². The second-order valence-corrected chi connectivity index (χ2v) is 6.85. The first-order valence-corrected chi connectivity index (χ1v) is 8.75. The Balaban J connectivity index is 1.39. The van der Waals surface area contributed by atoms with Crippen LogP contribution in [-0.4, -0.2) is 51.2 Å². The highest BCUT2D eigenvalue weighted by atomic mass is 35.5. The van der Waals surface area contributed by atoms with E-state index in [0.717, 1.165) is 44.6 Å². The normalized spacial score (nSPS) is 23.1. The van der Waals surface area contributed by atoms with Crippen LogP contribution in [0.4, 0.5) is 5.69 Å². The Labute approximate surface area is 146 Å². The van der Waals surface area contributed by atoms with Crippen LogP contribution in [-0.2, 0) is 4.79 Å². The first-order valence-electron chi connectivity index (χ1n) is 8.37. The number of anilines is 1. The zero-order valence-corrected chi connectivity index (χ0v) is 14.1. The third-order valence-corrected chi connectivity index (χ3v) is 5.32. The predicted octanol–water partition coefficient (Wildman–Crippen LogP) is 2.37. The van der Waals surface area contributed by atoms with Gasteiger partial charge in [0.1, 0.15) is 12.7 Å². The average molecular weight is 346 g/mol. The molecule has 1 atom stereocenters. The fourth-order valence-corrected chi connectivity index (χ4v) is 3.88. The highest BCUT2D eigenvalue weighted by molar-refractivity contribution is 6.30. The predicted molar refractivity (Wildman–Crippen MR) is 92.1 cm³/mol. The average Bonchev–Trinajstić information content (AvgIpc) is 3.26. The molecule has 1 amide bonds. The molecule has 0 radical (unpaired) electrons. The number of rotatable bonds is 3. The van der Waals surface area contributed by atoms with Crippen molar-refractivity contribution in [3.8, 4) is 0 Å². The number of hydrogen-bond acceptors (Lipinski definition) is 4. The molecule has 126 valence electrons. The molecule has 2 saturated heterocycles. The van der Waals surface area contributed by atoms with Gasteiger partial charge in [-0.25, -0.2) is 9.67 Å². The number of halogens is 1. The van der Waals surface area contributed by atoms with Crippen LogP contribution < -0.4 is 4.90 Å². The Hall–Kier alpha value is -1.92. The first-order chi connectivity index (χ1) is 11.7. The van der Waals surface area contributed by atoms with Gasteiger partial charge in [0, 0.05) is 30.3 Å². The van der Waals surface area contributed by atoms with Gasteiger partial charge < -0.3 is 4.90 Å². The Morgan fingerprint density at radius 3 is 2.46 bits per heavy atom. The molecule has 2 aliphatic rings. The molecule has 3 heterocycles. The first kappa shape index (κ1) is 15.6. The number of piperidine rings is 1. The summed E-state index contributed by atoms with van der Waals surface area (Å²) in [4.78, 5) is 21.1. The summed E-state index contributed by atoms with van der Waals surface area (Å²) >= 11 is 5.94. The number of aromatic nitrogens is 3. The number of carbonyl (C=O) groups is 1. The molecule has 2 fully saturated rings. The van der Waals surface area contributed by atoms with Crippen molar-refractivity contribution in [2.24, 2.45) is 0 Å². The van der Waals surface area contributed by atoms with Gasteiger partial charge in [0.15, 0.2) is 0 Å². The molecule has 2 aromatic rings. The van der Waals surface area contributed by atoms with E-state index >= 15 is 0 Å². The topological polar surface area (TPSA) is 54.3 Å². The summed E-state index contributed by atoms with van der Waals surface area (Å²) in [6, 6.07) is 7.89. The third kappa shape index (κ3) is 2.91. The SMILES string of the molecule is O=C1[C@@H](N2CCC(n3cncn3)CC2)CCN1c1ccc(Cl)cc1. The second-order valence-electron chi connectivity index (χ2n) is 6.41. The van der Waals surface area contributed by atoms with E-state index in [9.17, 15) is 4.79 Å². The van der Waals surface area contributed by atoms with Crippen molar-refractivity contribution in [2.45, 2.75) is 31.3 Å². The Morgan fingerprint density at radius 2 is 1.79 bits per heavy atom. The molecule has 24 heavy (non-hydrogen) atoms. The number of hydrogen-bond donors (Lipinski definition) is 0. The van der Waals surface area contributed by atoms with Crippen LogP contribution in [0.25, 0.3) is 0 Å². The molecule has 0 saturated carbocycles. The van der Waals surface area contributed by atoms with Crippen molar-refractivity contribution in [2.75, 3.05) is 24.5 Å². The lowest BCUT2D eigenvalue weighted by Crippen LogP contribution is -2.46. The maximum absolute atomic E-state index is 12.8. The van der Waals surface area contributed by atoms with Gasteiger partial charge in [-0.05, 0) is 43.5 Å². The van der Waals surface area contributed by atoms with Gasteiger partial charge in [0.05, 0.1) is 12.1 Å². The highest BCUT2D eigenvalue weighted by Crippen LogP contribution is 2.29. The summed E-state index contributed by atoms with van der Waals surface area (Å²) in [5.74, 6) is 0.205. The molecule has 1 aromatic carbocycles. The van der Waals surface area contributed by atoms with E-state index in [1.54, 1.807) is 12.7 Å². The molecule has 2 aliphatic heterocycles. The molecular formula is C17H20ClN5O. The minimum atomic E-state index is -0.00243. The zero-order valence-electron chi connectivity index (χ0n) is 13.4. The lowest BCUT2D eigenvalue weighted by molar-refractivity contribution is -0.122. The van der Waals surface area contributed by atoms with Crippen molar-refractivity contribution in [1.82, 2.24) is 19.7 Å². The van der Waals surface area contributed by atoms with Crippen molar-refractivity contribution in [3.63, 3.8) is 0 Å². The molecule has 0 N–H and O–H groups in total. The molecule has 0 bridgehead atoms. The molecular weight excluding hydrogens is 326 g/mol. The van der Waals surface area contributed by atoms with Crippen molar-refractivity contribution in [3.05, 3.63) is 41.9 Å². The highest BCUT2D eigenvalue weighted by Gasteiger charge is 2.38. The molecule has 0 spiro atoms. The van der Waals surface area contributed by atoms with Gasteiger partial charge in [-0.3, -0.25) is 9.69 Å². The van der Waals surface area contributed by atoms with Gasteiger partial charge >= 0.3 is 0 Å². The lowest BCUT2D eigenvalue weighted by Gasteiger charge is -2.35. The second kappa shape index (κ2) is 6.53. The molecule has 7 heteroatoms. The smallest absolute Gasteiger partial charge is 0.244 e. The van der Waals surface area contributed by atoms with E-state index in [0.29, 0.717) is 11.1 Å². The van der Waals surface area contributed by atoms with Gasteiger partial charge in [0.25, 0.3) is 0 Å². The van der Waals surface area contributed by atoms with E-state index in [2.05, 4.69) is 15.0 Å². The van der Waals surface area contributed by atoms with Crippen molar-refractivity contribution < 1.29 is 4.79 Å². The Morgan fingerprint density at radius 1 is 1.04 bits per heavy atom. The number of benzene rings is 1. The standard InChI is InChI=1S/C17H20ClN5O/c18-13-1-3-14(4-2-13)22-10-7-16(17(22)24)21-8-5-15(6-9-21)23-12-19-11-20-23/h1-4,11-12,15-16H,5-10H2/t16-/m0/s1. The third-order valence-electron chi connectivity index (χ3n) is 5.07. The van der Waals surface area contributed by atoms with Gasteiger partial charge in [-0.15, -0.1) is 0 Å². The Kier molecular flexibility index (Phi) is 4.24. The fraction of sp³-hybridized carbons (Fsp3) is 0.471. The quantitative estimate of drug-likeness (QED) is 0.857. The molecule has 0 aliphatic carbocycles. The summed E-state index contributed by atoms with van der Waals surface area (Å²) in [6.45, 7) is 2.62. The van der Waals surface area contributed by atoms with Crippen LogP contribution in [0.1, 0.15) is 25.3 Å². The summed E-state index contributed by atoms with van der Waals surface area (Å²) in [5, 5.41) is 4.93. The summed E-state index contributed by atoms with van der Waals surface area (Å²) < 4.78 is 1.94. The Bertz CT molecular complexity index is 694. The van der Waals surface area contributed by atoms with E-state index in [1.165, 1.54) is 0 Å². The fourth-order valence-electron chi connectivity index (χ4n) is 3.75. The van der Waals surface area contributed by atoms with E-state index in [1.807, 2.05) is 33.8 Å². The minimum absolute atomic E-state index is 0.00243. The lowest BCUT2D eigenvalue weighted by atomic mass is 10.0. The van der Waals surface area contributed by atoms with Gasteiger partial charge in [0.2, 0.25) is 5.91 Å². The monoisotopic (exact) mass is 345 g/mol. The van der Waals surface area contributed by atoms with Crippen LogP contribution in [0.5, 0.6) is 0 Å². The molecule has 6 nitrogen and oxygen atoms in total. The maximum atomic E-state index is 12.8.